The van der Waals surface area contributed by atoms with E-state index in [1.54, 1.807) is 6.20 Å². The maximum absolute atomic E-state index is 11.4. The van der Waals surface area contributed by atoms with E-state index in [9.17, 15) is 9.59 Å². The van der Waals surface area contributed by atoms with Crippen LogP contribution in [0.2, 0.25) is 0 Å². The minimum atomic E-state index is -0.150. The predicted octanol–water partition coefficient (Wildman–Crippen LogP) is 2.40. The number of nitrogens with zero attached hydrogens (tertiary/aromatic N) is 2. The molecular formula is C19H27N3O3S. The summed E-state index contributed by atoms with van der Waals surface area (Å²) in [6, 6.07) is 4.02. The molecule has 1 aromatic heterocycles. The van der Waals surface area contributed by atoms with Gasteiger partial charge in [0.15, 0.2) is 5.12 Å². The van der Waals surface area contributed by atoms with Gasteiger partial charge in [-0.05, 0) is 43.6 Å². The second-order valence-electron chi connectivity index (χ2n) is 6.21. The Bertz CT molecular complexity index is 616. The molecule has 1 aromatic rings. The number of piperidine rings is 1. The van der Waals surface area contributed by atoms with Crippen molar-refractivity contribution < 1.29 is 14.3 Å². The fraction of sp³-hybridized carbons (Fsp3) is 0.526. The molecule has 0 atom stereocenters. The molecule has 1 aliphatic heterocycles. The molecule has 1 fully saturated rings. The summed E-state index contributed by atoms with van der Waals surface area (Å²) in [4.78, 5) is 28.9. The molecule has 142 valence electrons. The van der Waals surface area contributed by atoms with E-state index in [1.807, 2.05) is 24.3 Å². The lowest BCUT2D eigenvalue weighted by Crippen LogP contribution is -2.29. The fourth-order valence-corrected chi connectivity index (χ4v) is 3.12. The summed E-state index contributed by atoms with van der Waals surface area (Å²) in [5, 5.41) is 2.66. The third kappa shape index (κ3) is 8.49. The summed E-state index contributed by atoms with van der Waals surface area (Å²) in [7, 11) is 0. The highest BCUT2D eigenvalue weighted by Crippen LogP contribution is 2.15. The largest absolute Gasteiger partial charge is 0.473 e. The van der Waals surface area contributed by atoms with Crippen molar-refractivity contribution in [2.24, 2.45) is 0 Å². The van der Waals surface area contributed by atoms with Crippen molar-refractivity contribution in [3.63, 3.8) is 0 Å². The third-order valence-corrected chi connectivity index (χ3v) is 4.78. The fourth-order valence-electron chi connectivity index (χ4n) is 2.68. The van der Waals surface area contributed by atoms with Crippen LogP contribution in [0.1, 0.15) is 31.7 Å². The number of hydrogen-bond acceptors (Lipinski definition) is 6. The molecule has 0 radical (unpaired) electrons. The molecule has 0 aromatic carbocycles. The van der Waals surface area contributed by atoms with Gasteiger partial charge in [-0.25, -0.2) is 4.98 Å². The standard InChI is InChI=1S/C19H27N3O3S/c1-16(23)26-15-18(24)20-8-3-6-12-25-19-13-17(7-9-21-19)14-22-10-4-2-5-11-22/h3,6-7,9,13H,2,4-5,8,10-12,14-15H2,1H3,(H,20,24)/b6-3-. The number of aromatic nitrogens is 1. The molecule has 7 heteroatoms. The molecule has 0 unspecified atom stereocenters. The normalized spacial score (nSPS) is 15.1. The second kappa shape index (κ2) is 11.7. The average Bonchev–Trinajstić information content (AvgIpc) is 2.64. The summed E-state index contributed by atoms with van der Waals surface area (Å²) in [5.41, 5.74) is 1.22. The molecule has 1 N–H and O–H groups in total. The van der Waals surface area contributed by atoms with Gasteiger partial charge >= 0.3 is 0 Å². The van der Waals surface area contributed by atoms with Crippen molar-refractivity contribution in [1.82, 2.24) is 15.2 Å². The molecule has 0 saturated carbocycles. The highest BCUT2D eigenvalue weighted by Gasteiger charge is 2.10. The van der Waals surface area contributed by atoms with Gasteiger partial charge in [0.25, 0.3) is 0 Å². The Labute approximate surface area is 159 Å². The van der Waals surface area contributed by atoms with E-state index in [-0.39, 0.29) is 16.8 Å². The zero-order valence-corrected chi connectivity index (χ0v) is 16.1. The Kier molecular flexibility index (Phi) is 9.20. The topological polar surface area (TPSA) is 71.5 Å². The molecule has 1 aliphatic rings. The summed E-state index contributed by atoms with van der Waals surface area (Å²) >= 11 is 1.01. The van der Waals surface area contributed by atoms with Gasteiger partial charge in [0.05, 0.1) is 5.75 Å². The Morgan fingerprint density at radius 2 is 2.12 bits per heavy atom. The number of likely N-dealkylation sites (tertiary alicyclic amines) is 1. The third-order valence-electron chi connectivity index (χ3n) is 3.97. The van der Waals surface area contributed by atoms with Crippen molar-refractivity contribution in [2.75, 3.05) is 32.0 Å². The van der Waals surface area contributed by atoms with Gasteiger partial charge in [-0.2, -0.15) is 0 Å². The van der Waals surface area contributed by atoms with Crippen LogP contribution in [0, 0.1) is 0 Å². The molecule has 26 heavy (non-hydrogen) atoms. The average molecular weight is 378 g/mol. The number of ether oxygens (including phenoxy) is 1. The maximum atomic E-state index is 11.4. The first-order valence-corrected chi connectivity index (χ1v) is 9.97. The quantitative estimate of drug-likeness (QED) is 0.667. The molecule has 1 amide bonds. The van der Waals surface area contributed by atoms with E-state index in [1.165, 1.54) is 31.7 Å². The van der Waals surface area contributed by atoms with Gasteiger partial charge in [-0.3, -0.25) is 14.5 Å². The van der Waals surface area contributed by atoms with Crippen molar-refractivity contribution in [3.05, 3.63) is 36.0 Å². The van der Waals surface area contributed by atoms with Crippen molar-refractivity contribution in [1.29, 1.82) is 0 Å². The first-order valence-electron chi connectivity index (χ1n) is 8.98. The molecular weight excluding hydrogens is 350 g/mol. The number of carbonyl (C=O) groups excluding carboxylic acids is 2. The molecule has 2 heterocycles. The lowest BCUT2D eigenvalue weighted by Gasteiger charge is -2.26. The van der Waals surface area contributed by atoms with E-state index in [0.717, 1.165) is 31.4 Å². The smallest absolute Gasteiger partial charge is 0.230 e. The van der Waals surface area contributed by atoms with E-state index in [4.69, 9.17) is 4.74 Å². The summed E-state index contributed by atoms with van der Waals surface area (Å²) in [5.74, 6) is 0.627. The molecule has 0 aliphatic carbocycles. The first-order chi connectivity index (χ1) is 12.6. The maximum Gasteiger partial charge on any atom is 0.230 e. The van der Waals surface area contributed by atoms with Crippen LogP contribution in [0.4, 0.5) is 0 Å². The highest BCUT2D eigenvalue weighted by molar-refractivity contribution is 8.14. The molecule has 6 nitrogen and oxygen atoms in total. The molecule has 1 saturated heterocycles. The Balaban J connectivity index is 1.65. The van der Waals surface area contributed by atoms with Crippen LogP contribution < -0.4 is 10.1 Å². The predicted molar refractivity (Wildman–Crippen MR) is 104 cm³/mol. The monoisotopic (exact) mass is 377 g/mol. The highest BCUT2D eigenvalue weighted by atomic mass is 32.2. The van der Waals surface area contributed by atoms with Crippen molar-refractivity contribution in [3.8, 4) is 5.88 Å². The lowest BCUT2D eigenvalue weighted by molar-refractivity contribution is -0.118. The Hall–Kier alpha value is -1.86. The van der Waals surface area contributed by atoms with E-state index >= 15 is 0 Å². The molecule has 0 spiro atoms. The zero-order chi connectivity index (χ0) is 18.6. The zero-order valence-electron chi connectivity index (χ0n) is 15.3. The van der Waals surface area contributed by atoms with Gasteiger partial charge in [0.2, 0.25) is 11.8 Å². The van der Waals surface area contributed by atoms with Crippen LogP contribution in [0.5, 0.6) is 5.88 Å². The molecule has 2 rings (SSSR count). The van der Waals surface area contributed by atoms with Crippen LogP contribution in [0.15, 0.2) is 30.5 Å². The number of thioether (sulfide) groups is 1. The van der Waals surface area contributed by atoms with Gasteiger partial charge < -0.3 is 10.1 Å². The number of amides is 1. The van der Waals surface area contributed by atoms with E-state index in [0.29, 0.717) is 19.0 Å². The first kappa shape index (κ1) is 20.5. The number of pyridine rings is 1. The Morgan fingerprint density at radius 1 is 1.31 bits per heavy atom. The number of carbonyl (C=O) groups is 2. The van der Waals surface area contributed by atoms with Gasteiger partial charge in [-0.1, -0.05) is 24.3 Å². The number of nitrogens with one attached hydrogen (secondary N) is 1. The summed E-state index contributed by atoms with van der Waals surface area (Å²) in [6.07, 6.45) is 9.35. The van der Waals surface area contributed by atoms with Crippen LogP contribution in [0.3, 0.4) is 0 Å². The van der Waals surface area contributed by atoms with Crippen LogP contribution >= 0.6 is 11.8 Å². The van der Waals surface area contributed by atoms with Crippen molar-refractivity contribution in [2.45, 2.75) is 32.7 Å². The summed E-state index contributed by atoms with van der Waals surface area (Å²) < 4.78 is 5.64. The van der Waals surface area contributed by atoms with Crippen molar-refractivity contribution >= 4 is 22.8 Å². The summed E-state index contributed by atoms with van der Waals surface area (Å²) in [6.45, 7) is 5.54. The van der Waals surface area contributed by atoms with Crippen LogP contribution in [0.25, 0.3) is 0 Å². The SMILES string of the molecule is CC(=O)SCC(=O)NC/C=C\COc1cc(CN2CCCCC2)ccn1. The van der Waals surface area contributed by atoms with Gasteiger partial charge in [0, 0.05) is 32.3 Å². The molecule has 0 bridgehead atoms. The van der Waals surface area contributed by atoms with Crippen LogP contribution in [-0.2, 0) is 16.1 Å². The number of rotatable bonds is 9. The van der Waals surface area contributed by atoms with E-state index in [2.05, 4.69) is 15.2 Å². The number of hydrogen-bond donors (Lipinski definition) is 1. The Morgan fingerprint density at radius 3 is 2.88 bits per heavy atom. The van der Waals surface area contributed by atoms with Gasteiger partial charge in [0.1, 0.15) is 6.61 Å². The van der Waals surface area contributed by atoms with Crippen LogP contribution in [-0.4, -0.2) is 52.9 Å². The second-order valence-corrected chi connectivity index (χ2v) is 7.36. The lowest BCUT2D eigenvalue weighted by atomic mass is 10.1. The van der Waals surface area contributed by atoms with E-state index < -0.39 is 0 Å². The minimum Gasteiger partial charge on any atom is -0.473 e. The minimum absolute atomic E-state index is 0.0564. The van der Waals surface area contributed by atoms with Gasteiger partial charge in [-0.15, -0.1) is 0 Å².